The van der Waals surface area contributed by atoms with E-state index in [1.54, 1.807) is 0 Å². The molecule has 2 N–H and O–H groups in total. The summed E-state index contributed by atoms with van der Waals surface area (Å²) in [5.41, 5.74) is -0.125. The van der Waals surface area contributed by atoms with Gasteiger partial charge < -0.3 is 5.11 Å². The Morgan fingerprint density at radius 1 is 1.46 bits per heavy atom. The summed E-state index contributed by atoms with van der Waals surface area (Å²) in [6, 6.07) is 0. The smallest absolute Gasteiger partial charge is 0.309 e. The number of rotatable bonds is 2. The molecule has 1 aromatic heterocycles. The third-order valence-corrected chi connectivity index (χ3v) is 3.40. The molecular weight excluding hydrogens is 308 g/mol. The molecule has 0 radical (unpaired) electrons. The minimum atomic E-state index is -1.01. The van der Waals surface area contributed by atoms with Gasteiger partial charge in [-0.1, -0.05) is 0 Å². The van der Waals surface area contributed by atoms with Gasteiger partial charge in [0.2, 0.25) is 0 Å². The lowest BCUT2D eigenvalue weighted by Gasteiger charge is -2.00. The first-order valence-corrected chi connectivity index (χ1v) is 4.75. The van der Waals surface area contributed by atoms with Crippen LogP contribution in [0.2, 0.25) is 0 Å². The van der Waals surface area contributed by atoms with Crippen LogP contribution in [0.25, 0.3) is 0 Å². The molecule has 0 aliphatic carbocycles. The van der Waals surface area contributed by atoms with Gasteiger partial charge in [0.1, 0.15) is 4.47 Å². The molecule has 0 saturated carbocycles. The summed E-state index contributed by atoms with van der Waals surface area (Å²) in [5, 5.41) is 14.2. The van der Waals surface area contributed by atoms with Crippen molar-refractivity contribution in [3.05, 3.63) is 25.0 Å². The average molecular weight is 312 g/mol. The van der Waals surface area contributed by atoms with Gasteiger partial charge in [0.25, 0.3) is 5.56 Å². The largest absolute Gasteiger partial charge is 0.481 e. The fourth-order valence-corrected chi connectivity index (χ4v) is 1.43. The van der Waals surface area contributed by atoms with Crippen LogP contribution in [0.1, 0.15) is 5.69 Å². The second-order valence-corrected chi connectivity index (χ2v) is 3.78. The van der Waals surface area contributed by atoms with Crippen molar-refractivity contribution < 1.29 is 9.90 Å². The monoisotopic (exact) mass is 310 g/mol. The molecule has 1 aromatic rings. The molecule has 0 atom stereocenters. The summed E-state index contributed by atoms with van der Waals surface area (Å²) >= 11 is 6.06. The van der Waals surface area contributed by atoms with Crippen molar-refractivity contribution in [3.63, 3.8) is 0 Å². The fraction of sp³-hybridized carbons (Fsp3) is 0.167. The van der Waals surface area contributed by atoms with Crippen LogP contribution in [0.5, 0.6) is 0 Å². The van der Waals surface area contributed by atoms with Gasteiger partial charge in [-0.15, -0.1) is 0 Å². The van der Waals surface area contributed by atoms with Crippen molar-refractivity contribution in [2.75, 3.05) is 0 Å². The topological polar surface area (TPSA) is 83.0 Å². The van der Waals surface area contributed by atoms with E-state index in [-0.39, 0.29) is 16.6 Å². The third kappa shape index (κ3) is 2.38. The molecule has 0 aliphatic rings. The predicted molar refractivity (Wildman–Crippen MR) is 51.6 cm³/mol. The van der Waals surface area contributed by atoms with Crippen LogP contribution in [-0.2, 0) is 11.2 Å². The molecule has 0 unspecified atom stereocenters. The van der Waals surface area contributed by atoms with E-state index in [2.05, 4.69) is 42.1 Å². The van der Waals surface area contributed by atoms with E-state index in [1.807, 2.05) is 0 Å². The molecular formula is C6H4Br2N2O3. The van der Waals surface area contributed by atoms with Crippen molar-refractivity contribution in [3.8, 4) is 0 Å². The number of carboxylic acids is 1. The number of aromatic amines is 1. The van der Waals surface area contributed by atoms with E-state index in [0.29, 0.717) is 4.47 Å². The summed E-state index contributed by atoms with van der Waals surface area (Å²) in [5.74, 6) is -1.01. The van der Waals surface area contributed by atoms with Crippen molar-refractivity contribution in [2.45, 2.75) is 6.42 Å². The number of nitrogens with one attached hydrogen (secondary N) is 1. The molecule has 0 aliphatic heterocycles. The first-order chi connectivity index (χ1) is 6.02. The Morgan fingerprint density at radius 3 is 2.62 bits per heavy atom. The Hall–Kier alpha value is -0.690. The number of carbonyl (C=O) groups is 1. The fourth-order valence-electron chi connectivity index (χ4n) is 0.703. The molecule has 1 rings (SSSR count). The average Bonchev–Trinajstić information content (AvgIpc) is 2.06. The number of hydrogen-bond donors (Lipinski definition) is 2. The maximum Gasteiger partial charge on any atom is 0.309 e. The third-order valence-electron chi connectivity index (χ3n) is 1.26. The lowest BCUT2D eigenvalue weighted by molar-refractivity contribution is -0.136. The first-order valence-electron chi connectivity index (χ1n) is 3.16. The first kappa shape index (κ1) is 10.4. The highest BCUT2D eigenvalue weighted by atomic mass is 79.9. The molecule has 1 heterocycles. The second kappa shape index (κ2) is 4.01. The van der Waals surface area contributed by atoms with E-state index >= 15 is 0 Å². The van der Waals surface area contributed by atoms with Gasteiger partial charge in [-0.25, -0.2) is 5.10 Å². The van der Waals surface area contributed by atoms with Gasteiger partial charge in [-0.3, -0.25) is 9.59 Å². The summed E-state index contributed by atoms with van der Waals surface area (Å²) in [6.45, 7) is 0. The molecule has 0 aromatic carbocycles. The summed E-state index contributed by atoms with van der Waals surface area (Å²) < 4.78 is 0.623. The summed E-state index contributed by atoms with van der Waals surface area (Å²) in [4.78, 5) is 21.3. The molecule has 70 valence electrons. The second-order valence-electron chi connectivity index (χ2n) is 2.20. The molecule has 0 saturated heterocycles. The highest BCUT2D eigenvalue weighted by Crippen LogP contribution is 2.21. The van der Waals surface area contributed by atoms with E-state index in [0.717, 1.165) is 0 Å². The van der Waals surface area contributed by atoms with Gasteiger partial charge in [0.05, 0.1) is 16.6 Å². The van der Waals surface area contributed by atoms with Crippen LogP contribution in [0, 0.1) is 0 Å². The van der Waals surface area contributed by atoms with Gasteiger partial charge >= 0.3 is 5.97 Å². The predicted octanol–water partition coefficient (Wildman–Crippen LogP) is 0.922. The number of aromatic nitrogens is 2. The van der Waals surface area contributed by atoms with Crippen LogP contribution in [0.15, 0.2) is 13.7 Å². The van der Waals surface area contributed by atoms with E-state index in [1.165, 1.54) is 0 Å². The van der Waals surface area contributed by atoms with E-state index in [9.17, 15) is 9.59 Å². The van der Waals surface area contributed by atoms with Crippen LogP contribution in [0.4, 0.5) is 0 Å². The van der Waals surface area contributed by atoms with Crippen molar-refractivity contribution in [1.29, 1.82) is 0 Å². The maximum atomic E-state index is 10.9. The number of nitrogens with zero attached hydrogens (tertiary/aromatic N) is 1. The minimum Gasteiger partial charge on any atom is -0.481 e. The SMILES string of the molecule is O=C(O)Cc1n[nH]c(=O)c(Br)c1Br. The number of halogens is 2. The van der Waals surface area contributed by atoms with E-state index in [4.69, 9.17) is 5.11 Å². The normalized spacial score (nSPS) is 10.0. The lowest BCUT2D eigenvalue weighted by Crippen LogP contribution is -2.14. The van der Waals surface area contributed by atoms with Crippen LogP contribution in [-0.4, -0.2) is 21.3 Å². The van der Waals surface area contributed by atoms with Crippen LogP contribution >= 0.6 is 31.9 Å². The van der Waals surface area contributed by atoms with Gasteiger partial charge in [0, 0.05) is 0 Å². The Kier molecular flexibility index (Phi) is 3.21. The standard InChI is InChI=1S/C6H4Br2N2O3/c7-4-2(1-3(11)12)9-10-6(13)5(4)8/h1H2,(H,10,13)(H,11,12). The number of carboxylic acid groups (broad SMARTS) is 1. The van der Waals surface area contributed by atoms with Gasteiger partial charge in [0.15, 0.2) is 0 Å². The van der Waals surface area contributed by atoms with Gasteiger partial charge in [-0.05, 0) is 31.9 Å². The highest BCUT2D eigenvalue weighted by molar-refractivity contribution is 9.13. The highest BCUT2D eigenvalue weighted by Gasteiger charge is 2.11. The molecule has 0 amide bonds. The Labute approximate surface area is 89.4 Å². The summed E-state index contributed by atoms with van der Waals surface area (Å²) in [7, 11) is 0. The van der Waals surface area contributed by atoms with E-state index < -0.39 is 11.5 Å². The summed E-state index contributed by atoms with van der Waals surface area (Å²) in [6.07, 6.45) is -0.240. The van der Waals surface area contributed by atoms with Gasteiger partial charge in [-0.2, -0.15) is 5.10 Å². The lowest BCUT2D eigenvalue weighted by atomic mass is 10.3. The molecule has 13 heavy (non-hydrogen) atoms. The van der Waals surface area contributed by atoms with Crippen molar-refractivity contribution in [1.82, 2.24) is 10.2 Å². The zero-order chi connectivity index (χ0) is 10.0. The maximum absolute atomic E-state index is 10.9. The molecule has 0 spiro atoms. The molecule has 0 fully saturated rings. The Balaban J connectivity index is 3.18. The zero-order valence-electron chi connectivity index (χ0n) is 6.17. The molecule has 7 heteroatoms. The number of hydrogen-bond acceptors (Lipinski definition) is 3. The Bertz CT molecular complexity index is 401. The van der Waals surface area contributed by atoms with Crippen LogP contribution in [0.3, 0.4) is 0 Å². The van der Waals surface area contributed by atoms with Crippen molar-refractivity contribution >= 4 is 37.8 Å². The number of aliphatic carboxylic acids is 1. The Morgan fingerprint density at radius 2 is 2.08 bits per heavy atom. The molecule has 0 bridgehead atoms. The minimum absolute atomic E-state index is 0.240. The zero-order valence-corrected chi connectivity index (χ0v) is 9.35. The number of H-pyrrole nitrogens is 1. The quantitative estimate of drug-likeness (QED) is 0.851. The van der Waals surface area contributed by atoms with Crippen molar-refractivity contribution in [2.24, 2.45) is 0 Å². The van der Waals surface area contributed by atoms with Crippen LogP contribution < -0.4 is 5.56 Å². The molecule has 5 nitrogen and oxygen atoms in total.